The molecule has 2 heteroatoms. The molecule has 2 fully saturated rings. The quantitative estimate of drug-likeness (QED) is 0.578. The molecule has 0 bridgehead atoms. The van der Waals surface area contributed by atoms with Crippen molar-refractivity contribution >= 4 is 0 Å². The highest BCUT2D eigenvalue weighted by atomic mass is 15.1. The fourth-order valence-electron chi connectivity index (χ4n) is 2.03. The summed E-state index contributed by atoms with van der Waals surface area (Å²) in [7, 11) is 0. The first-order valence-electron chi connectivity index (χ1n) is 4.31. The molecule has 58 valence electrons. The molecule has 0 aromatic heterocycles. The van der Waals surface area contributed by atoms with Gasteiger partial charge in [-0.3, -0.25) is 0 Å². The third kappa shape index (κ3) is 0.867. The molecule has 1 aliphatic heterocycles. The Labute approximate surface area is 62.4 Å². The normalized spacial score (nSPS) is 35.1. The van der Waals surface area contributed by atoms with Crippen LogP contribution in [0.1, 0.15) is 19.8 Å². The predicted molar refractivity (Wildman–Crippen MR) is 42.0 cm³/mol. The fourth-order valence-corrected chi connectivity index (χ4v) is 2.03. The third-order valence-electron chi connectivity index (χ3n) is 2.91. The van der Waals surface area contributed by atoms with Crippen LogP contribution in [0.3, 0.4) is 0 Å². The van der Waals surface area contributed by atoms with Crippen LogP contribution in [0.5, 0.6) is 0 Å². The number of likely N-dealkylation sites (N-methyl/N-ethyl adjacent to an activating group) is 1. The third-order valence-corrected chi connectivity index (χ3v) is 2.91. The Bertz CT molecular complexity index is 129. The molecule has 2 rings (SSSR count). The van der Waals surface area contributed by atoms with Gasteiger partial charge in [0.05, 0.1) is 0 Å². The van der Waals surface area contributed by atoms with E-state index in [4.69, 9.17) is 0 Å². The van der Waals surface area contributed by atoms with Gasteiger partial charge in [0.15, 0.2) is 0 Å². The maximum absolute atomic E-state index is 3.53. The van der Waals surface area contributed by atoms with Crippen LogP contribution >= 0.6 is 0 Å². The van der Waals surface area contributed by atoms with Gasteiger partial charge in [0, 0.05) is 19.1 Å². The van der Waals surface area contributed by atoms with Gasteiger partial charge >= 0.3 is 0 Å². The minimum absolute atomic E-state index is 0.690. The van der Waals surface area contributed by atoms with E-state index in [1.54, 1.807) is 0 Å². The molecule has 1 spiro atoms. The fraction of sp³-hybridized carbons (Fsp3) is 1.00. The molecular formula is C8H16N2. The zero-order valence-electron chi connectivity index (χ0n) is 6.61. The van der Waals surface area contributed by atoms with E-state index in [2.05, 4.69) is 17.6 Å². The Hall–Kier alpha value is -0.0800. The lowest BCUT2D eigenvalue weighted by Crippen LogP contribution is -2.36. The highest BCUT2D eigenvalue weighted by Crippen LogP contribution is 2.50. The molecule has 1 saturated heterocycles. The largest absolute Gasteiger partial charge is 0.315 e. The Balaban J connectivity index is 1.94. The van der Waals surface area contributed by atoms with E-state index in [9.17, 15) is 0 Å². The lowest BCUT2D eigenvalue weighted by atomic mass is 10.0. The highest BCUT2D eigenvalue weighted by Gasteiger charge is 2.51. The van der Waals surface area contributed by atoms with Gasteiger partial charge in [0.1, 0.15) is 0 Å². The van der Waals surface area contributed by atoms with E-state index in [0.29, 0.717) is 5.41 Å². The molecule has 2 nitrogen and oxygen atoms in total. The van der Waals surface area contributed by atoms with Crippen molar-refractivity contribution in [1.29, 1.82) is 0 Å². The van der Waals surface area contributed by atoms with Gasteiger partial charge in [0.2, 0.25) is 0 Å². The Morgan fingerprint density at radius 3 is 3.00 bits per heavy atom. The summed E-state index contributed by atoms with van der Waals surface area (Å²) in [5.41, 5.74) is 0.690. The number of nitrogens with one attached hydrogen (secondary N) is 2. The van der Waals surface area contributed by atoms with E-state index in [1.807, 2.05) is 0 Å². The minimum Gasteiger partial charge on any atom is -0.315 e. The van der Waals surface area contributed by atoms with E-state index < -0.39 is 0 Å². The SMILES string of the molecule is CCNC1CNCC12CC2. The van der Waals surface area contributed by atoms with Gasteiger partial charge in [-0.2, -0.15) is 0 Å². The first-order chi connectivity index (χ1) is 4.87. The second kappa shape index (κ2) is 2.21. The van der Waals surface area contributed by atoms with E-state index >= 15 is 0 Å². The predicted octanol–water partition coefficient (Wildman–Crippen LogP) is 0.348. The highest BCUT2D eigenvalue weighted by molar-refractivity contribution is 5.08. The van der Waals surface area contributed by atoms with Gasteiger partial charge in [-0.15, -0.1) is 0 Å². The number of hydrogen-bond acceptors (Lipinski definition) is 2. The van der Waals surface area contributed by atoms with E-state index in [0.717, 1.165) is 12.6 Å². The molecule has 10 heavy (non-hydrogen) atoms. The summed E-state index contributed by atoms with van der Waals surface area (Å²) >= 11 is 0. The second-order valence-electron chi connectivity index (χ2n) is 3.60. The molecule has 1 heterocycles. The minimum atomic E-state index is 0.690. The first kappa shape index (κ1) is 6.62. The topological polar surface area (TPSA) is 24.1 Å². The van der Waals surface area contributed by atoms with Crippen molar-refractivity contribution in [1.82, 2.24) is 10.6 Å². The first-order valence-corrected chi connectivity index (χ1v) is 4.31. The summed E-state index contributed by atoms with van der Waals surface area (Å²) < 4.78 is 0. The van der Waals surface area contributed by atoms with Gasteiger partial charge < -0.3 is 10.6 Å². The molecule has 0 aromatic carbocycles. The van der Waals surface area contributed by atoms with Crippen LogP contribution in [0.25, 0.3) is 0 Å². The van der Waals surface area contributed by atoms with Crippen LogP contribution in [0.15, 0.2) is 0 Å². The summed E-state index contributed by atoms with van der Waals surface area (Å²) in [6.07, 6.45) is 2.88. The van der Waals surface area contributed by atoms with Crippen LogP contribution in [-0.4, -0.2) is 25.7 Å². The van der Waals surface area contributed by atoms with Crippen LogP contribution in [0, 0.1) is 5.41 Å². The second-order valence-corrected chi connectivity index (χ2v) is 3.60. The van der Waals surface area contributed by atoms with Crippen molar-refractivity contribution in [2.24, 2.45) is 5.41 Å². The molecule has 0 amide bonds. The number of rotatable bonds is 2. The molecule has 0 aromatic rings. The smallest absolute Gasteiger partial charge is 0.0260 e. The average Bonchev–Trinajstić information content (AvgIpc) is 2.57. The van der Waals surface area contributed by atoms with Crippen molar-refractivity contribution < 1.29 is 0 Å². The van der Waals surface area contributed by atoms with Crippen LogP contribution in [-0.2, 0) is 0 Å². The van der Waals surface area contributed by atoms with Gasteiger partial charge in [0.25, 0.3) is 0 Å². The van der Waals surface area contributed by atoms with Gasteiger partial charge in [-0.1, -0.05) is 6.92 Å². The van der Waals surface area contributed by atoms with E-state index in [1.165, 1.54) is 25.9 Å². The van der Waals surface area contributed by atoms with Crippen molar-refractivity contribution in [2.45, 2.75) is 25.8 Å². The van der Waals surface area contributed by atoms with Gasteiger partial charge in [-0.25, -0.2) is 0 Å². The lowest BCUT2D eigenvalue weighted by Gasteiger charge is -2.17. The summed E-state index contributed by atoms with van der Waals surface area (Å²) in [4.78, 5) is 0. The molecule has 2 aliphatic rings. The Morgan fingerprint density at radius 1 is 1.60 bits per heavy atom. The Morgan fingerprint density at radius 2 is 2.40 bits per heavy atom. The molecule has 1 atom stereocenters. The van der Waals surface area contributed by atoms with Crippen LogP contribution < -0.4 is 10.6 Å². The molecule has 1 aliphatic carbocycles. The van der Waals surface area contributed by atoms with E-state index in [-0.39, 0.29) is 0 Å². The standard InChI is InChI=1S/C8H16N2/c1-2-10-7-5-9-6-8(7)3-4-8/h7,9-10H,2-6H2,1H3. The van der Waals surface area contributed by atoms with Crippen molar-refractivity contribution in [3.63, 3.8) is 0 Å². The molecule has 0 radical (unpaired) electrons. The lowest BCUT2D eigenvalue weighted by molar-refractivity contribution is 0.418. The maximum Gasteiger partial charge on any atom is 0.0260 e. The van der Waals surface area contributed by atoms with Crippen molar-refractivity contribution in [3.05, 3.63) is 0 Å². The monoisotopic (exact) mass is 140 g/mol. The summed E-state index contributed by atoms with van der Waals surface area (Å²) in [6.45, 7) is 5.75. The maximum atomic E-state index is 3.53. The average molecular weight is 140 g/mol. The molecular weight excluding hydrogens is 124 g/mol. The van der Waals surface area contributed by atoms with Crippen molar-refractivity contribution in [3.8, 4) is 0 Å². The van der Waals surface area contributed by atoms with Crippen LogP contribution in [0.4, 0.5) is 0 Å². The Kier molecular flexibility index (Phi) is 1.46. The molecule has 2 N–H and O–H groups in total. The zero-order chi connectivity index (χ0) is 7.03. The van der Waals surface area contributed by atoms with Crippen molar-refractivity contribution in [2.75, 3.05) is 19.6 Å². The summed E-state index contributed by atoms with van der Waals surface area (Å²) in [5, 5.41) is 6.98. The van der Waals surface area contributed by atoms with Gasteiger partial charge in [-0.05, 0) is 24.8 Å². The molecule has 1 unspecified atom stereocenters. The summed E-state index contributed by atoms with van der Waals surface area (Å²) in [6, 6.07) is 0.775. The molecule has 1 saturated carbocycles. The number of hydrogen-bond donors (Lipinski definition) is 2. The zero-order valence-corrected chi connectivity index (χ0v) is 6.61. The summed E-state index contributed by atoms with van der Waals surface area (Å²) in [5.74, 6) is 0. The van der Waals surface area contributed by atoms with Crippen LogP contribution in [0.2, 0.25) is 0 Å².